The van der Waals surface area contributed by atoms with Gasteiger partial charge in [0, 0.05) is 31.6 Å². The van der Waals surface area contributed by atoms with Crippen LogP contribution in [0.15, 0.2) is 66.1 Å². The van der Waals surface area contributed by atoms with Crippen LogP contribution in [0.4, 0.5) is 4.39 Å². The lowest BCUT2D eigenvalue weighted by molar-refractivity contribution is -0.0559. The summed E-state index contributed by atoms with van der Waals surface area (Å²) in [5.41, 5.74) is 2.30. The van der Waals surface area contributed by atoms with E-state index < -0.39 is 0 Å². The number of morpholine rings is 1. The third kappa shape index (κ3) is 3.25. The zero-order valence-corrected chi connectivity index (χ0v) is 14.6. The maximum Gasteiger partial charge on any atom is 0.179 e. The molecule has 134 valence electrons. The van der Waals surface area contributed by atoms with Gasteiger partial charge < -0.3 is 9.64 Å². The monoisotopic (exact) mass is 352 g/mol. The second kappa shape index (κ2) is 7.35. The van der Waals surface area contributed by atoms with E-state index in [9.17, 15) is 4.39 Å². The third-order valence-electron chi connectivity index (χ3n) is 4.79. The van der Waals surface area contributed by atoms with E-state index in [2.05, 4.69) is 22.0 Å². The molecule has 0 N–H and O–H groups in total. The zero-order valence-electron chi connectivity index (χ0n) is 14.6. The highest BCUT2D eigenvalue weighted by atomic mass is 19.1. The minimum Gasteiger partial charge on any atom is -0.378 e. The summed E-state index contributed by atoms with van der Waals surface area (Å²) in [7, 11) is 1.99. The molecule has 0 aliphatic carbocycles. The van der Waals surface area contributed by atoms with E-state index in [0.717, 1.165) is 6.54 Å². The molecule has 0 amide bonds. The Morgan fingerprint density at radius 1 is 1.19 bits per heavy atom. The molecule has 3 heterocycles. The molecule has 1 saturated heterocycles. The van der Waals surface area contributed by atoms with Crippen molar-refractivity contribution in [3.05, 3.63) is 78.0 Å². The quantitative estimate of drug-likeness (QED) is 0.852. The van der Waals surface area contributed by atoms with Crippen LogP contribution >= 0.6 is 0 Å². The van der Waals surface area contributed by atoms with Crippen molar-refractivity contribution in [2.45, 2.75) is 12.3 Å². The van der Waals surface area contributed by atoms with Crippen molar-refractivity contribution >= 4 is 5.71 Å². The van der Waals surface area contributed by atoms with Gasteiger partial charge in [-0.3, -0.25) is 9.88 Å². The Balaban J connectivity index is 1.68. The summed E-state index contributed by atoms with van der Waals surface area (Å²) in [5.74, 6) is -0.360. The van der Waals surface area contributed by atoms with Gasteiger partial charge in [0.2, 0.25) is 0 Å². The second-order valence-electron chi connectivity index (χ2n) is 6.44. The van der Waals surface area contributed by atoms with Crippen LogP contribution in [0.2, 0.25) is 0 Å². The molecule has 1 aromatic carbocycles. The molecule has 2 aliphatic rings. The predicted molar refractivity (Wildman–Crippen MR) is 98.1 cm³/mol. The van der Waals surface area contributed by atoms with Crippen molar-refractivity contribution in [3.63, 3.8) is 0 Å². The first-order valence-electron chi connectivity index (χ1n) is 8.70. The fraction of sp³-hybridized carbons (Fsp3) is 0.300. The molecule has 1 fully saturated rings. The van der Waals surface area contributed by atoms with Gasteiger partial charge in [0.1, 0.15) is 0 Å². The number of aromatic nitrogens is 1. The smallest absolute Gasteiger partial charge is 0.179 e. The second-order valence-corrected chi connectivity index (χ2v) is 6.44. The van der Waals surface area contributed by atoms with Crippen LogP contribution in [-0.4, -0.2) is 53.6 Å². The number of benzene rings is 1. The SMILES string of the molecule is CN1C=CC(c2ccncc2F)=NC1N1CCOC[C@H]1c1ccccc1. The van der Waals surface area contributed by atoms with Crippen molar-refractivity contribution in [2.75, 3.05) is 26.8 Å². The minimum atomic E-state index is -0.360. The first kappa shape index (κ1) is 16.9. The molecule has 2 aliphatic heterocycles. The van der Waals surface area contributed by atoms with Crippen LogP contribution in [-0.2, 0) is 4.74 Å². The average molecular weight is 352 g/mol. The van der Waals surface area contributed by atoms with Crippen molar-refractivity contribution in [2.24, 2.45) is 4.99 Å². The third-order valence-corrected chi connectivity index (χ3v) is 4.79. The Hall–Kier alpha value is -2.57. The number of aliphatic imine (C=N–C) groups is 1. The first-order valence-corrected chi connectivity index (χ1v) is 8.70. The Bertz CT molecular complexity index is 824. The lowest BCUT2D eigenvalue weighted by Crippen LogP contribution is -2.51. The molecule has 1 unspecified atom stereocenters. The standard InChI is InChI=1S/C20H21FN4O/c1-24-10-8-18(16-7-9-22-13-17(16)21)23-20(24)25-11-12-26-14-19(25)15-5-3-2-4-6-15/h2-10,13,19-20H,11-12,14H2,1H3/t19-,20?/m0/s1. The highest BCUT2D eigenvalue weighted by Crippen LogP contribution is 2.29. The molecule has 1 aromatic heterocycles. The summed E-state index contributed by atoms with van der Waals surface area (Å²) in [6.07, 6.45) is 6.39. The number of halogens is 1. The molecule has 2 aromatic rings. The number of allylic oxidation sites excluding steroid dienone is 1. The molecule has 0 spiro atoms. The molecule has 0 bridgehead atoms. The molecule has 0 saturated carbocycles. The van der Waals surface area contributed by atoms with Gasteiger partial charge in [0.25, 0.3) is 0 Å². The van der Waals surface area contributed by atoms with E-state index in [4.69, 9.17) is 9.73 Å². The summed E-state index contributed by atoms with van der Waals surface area (Å²) >= 11 is 0. The van der Waals surface area contributed by atoms with Crippen LogP contribution in [0.5, 0.6) is 0 Å². The maximum absolute atomic E-state index is 14.2. The molecule has 2 atom stereocenters. The van der Waals surface area contributed by atoms with Gasteiger partial charge in [-0.05, 0) is 17.7 Å². The van der Waals surface area contributed by atoms with Gasteiger partial charge in [-0.15, -0.1) is 0 Å². The Labute approximate surface area is 152 Å². The molecular weight excluding hydrogens is 331 g/mol. The highest BCUT2D eigenvalue weighted by Gasteiger charge is 2.33. The van der Waals surface area contributed by atoms with Gasteiger partial charge in [-0.25, -0.2) is 9.38 Å². The molecule has 4 rings (SSSR count). The largest absolute Gasteiger partial charge is 0.378 e. The summed E-state index contributed by atoms with van der Waals surface area (Å²) in [5, 5.41) is 0. The average Bonchev–Trinajstić information content (AvgIpc) is 2.70. The summed E-state index contributed by atoms with van der Waals surface area (Å²) in [6, 6.07) is 12.1. The van der Waals surface area contributed by atoms with E-state index in [-0.39, 0.29) is 18.1 Å². The van der Waals surface area contributed by atoms with Crippen molar-refractivity contribution in [1.29, 1.82) is 0 Å². The normalized spacial score (nSPS) is 23.8. The minimum absolute atomic E-state index is 0.108. The fourth-order valence-corrected chi connectivity index (χ4v) is 3.43. The zero-order chi connectivity index (χ0) is 17.9. The molecule has 5 nitrogen and oxygen atoms in total. The van der Waals surface area contributed by atoms with Crippen LogP contribution < -0.4 is 0 Å². The Morgan fingerprint density at radius 2 is 2.04 bits per heavy atom. The predicted octanol–water partition coefficient (Wildman–Crippen LogP) is 2.83. The number of hydrogen-bond donors (Lipinski definition) is 0. The maximum atomic E-state index is 14.2. The van der Waals surface area contributed by atoms with E-state index in [0.29, 0.717) is 24.5 Å². The Morgan fingerprint density at radius 3 is 2.85 bits per heavy atom. The van der Waals surface area contributed by atoms with Gasteiger partial charge >= 0.3 is 0 Å². The van der Waals surface area contributed by atoms with Crippen molar-refractivity contribution in [3.8, 4) is 0 Å². The lowest BCUT2D eigenvalue weighted by Gasteiger charge is -2.43. The van der Waals surface area contributed by atoms with E-state index in [1.165, 1.54) is 11.8 Å². The van der Waals surface area contributed by atoms with Crippen molar-refractivity contribution in [1.82, 2.24) is 14.8 Å². The van der Waals surface area contributed by atoms with E-state index in [1.54, 1.807) is 12.3 Å². The molecule has 0 radical (unpaired) electrons. The topological polar surface area (TPSA) is 41.0 Å². The van der Waals surface area contributed by atoms with E-state index in [1.807, 2.05) is 42.4 Å². The summed E-state index contributed by atoms with van der Waals surface area (Å²) < 4.78 is 19.9. The van der Waals surface area contributed by atoms with Gasteiger partial charge in [0.15, 0.2) is 12.1 Å². The summed E-state index contributed by atoms with van der Waals surface area (Å²) in [4.78, 5) is 13.0. The number of nitrogens with zero attached hydrogens (tertiary/aromatic N) is 4. The first-order chi connectivity index (χ1) is 12.7. The summed E-state index contributed by atoms with van der Waals surface area (Å²) in [6.45, 7) is 2.04. The highest BCUT2D eigenvalue weighted by molar-refractivity contribution is 6.09. The molecule has 26 heavy (non-hydrogen) atoms. The van der Waals surface area contributed by atoms with Crippen LogP contribution in [0, 0.1) is 5.82 Å². The van der Waals surface area contributed by atoms with Crippen LogP contribution in [0.25, 0.3) is 0 Å². The van der Waals surface area contributed by atoms with E-state index >= 15 is 0 Å². The Kier molecular flexibility index (Phi) is 4.77. The van der Waals surface area contributed by atoms with Gasteiger partial charge in [-0.2, -0.15) is 0 Å². The van der Waals surface area contributed by atoms with Crippen molar-refractivity contribution < 1.29 is 9.13 Å². The van der Waals surface area contributed by atoms with Gasteiger partial charge in [0.05, 0.1) is 31.2 Å². The fourth-order valence-electron chi connectivity index (χ4n) is 3.43. The van der Waals surface area contributed by atoms with Crippen LogP contribution in [0.3, 0.4) is 0 Å². The van der Waals surface area contributed by atoms with Crippen LogP contribution in [0.1, 0.15) is 17.2 Å². The number of pyridine rings is 1. The number of hydrogen-bond acceptors (Lipinski definition) is 5. The van der Waals surface area contributed by atoms with Gasteiger partial charge in [-0.1, -0.05) is 30.3 Å². The molecule has 6 heteroatoms. The molecular formula is C20H21FN4O. The number of ether oxygens (including phenoxy) is 1. The number of rotatable bonds is 3. The lowest BCUT2D eigenvalue weighted by atomic mass is 10.0.